The number of para-hydroxylation sites is 6. The van der Waals surface area contributed by atoms with Crippen LogP contribution in [0.5, 0.6) is 0 Å². The van der Waals surface area contributed by atoms with Crippen LogP contribution in [-0.4, -0.2) is 43.2 Å². The molecule has 0 aliphatic rings. The minimum Gasteiger partial charge on any atom is -0.309 e. The lowest BCUT2D eigenvalue weighted by molar-refractivity contribution is 1.08. The maximum absolute atomic E-state index is 5.27. The number of aromatic nitrogens is 9. The molecule has 570 valence electrons. The molecule has 18 aromatic carbocycles. The van der Waals surface area contributed by atoms with Crippen LogP contribution in [0.2, 0.25) is 0 Å². The largest absolute Gasteiger partial charge is 0.309 e. The van der Waals surface area contributed by atoms with Gasteiger partial charge in [-0.1, -0.05) is 346 Å². The first-order chi connectivity index (χ1) is 60.5. The second kappa shape index (κ2) is 29.9. The van der Waals surface area contributed by atoms with Gasteiger partial charge in [-0.25, -0.2) is 24.9 Å². The van der Waals surface area contributed by atoms with Crippen LogP contribution in [0.3, 0.4) is 0 Å². The lowest BCUT2D eigenvalue weighted by Crippen LogP contribution is -2.00. The van der Waals surface area contributed by atoms with Gasteiger partial charge in [0, 0.05) is 99.2 Å². The van der Waals surface area contributed by atoms with Crippen LogP contribution in [0.4, 0.5) is 0 Å². The standard InChI is InChI=1S/C58H38N4.C55H35N5/c1-4-16-39(17-5-1)40-28-30-43(31-29-40)58-59-51(42-18-6-2-7-19-42)38-52(60-58)47-23-11-10-22-46(47)41-32-34-45(35-33-41)61-54-27-15-13-25-50(54)56-55(61)37-36-49-48-24-12-14-26-53(48)62(57(49)56)44-20-8-3-9-21-44;1-3-17-37(18-4-1)53-56-54(58-55(57-53)46-29-15-19-36-16-7-8-26-43(36)46)40-22-13-20-38(34-40)39-21-14-25-42(35-39)59-49-31-12-10-28-47(49)51-50(59)33-32-45-44-27-9-11-30-48(44)60(52(45)51)41-23-5-2-6-24-41/h1-38H;1-35H. The van der Waals surface area contributed by atoms with Gasteiger partial charge in [0.15, 0.2) is 23.3 Å². The van der Waals surface area contributed by atoms with Gasteiger partial charge in [-0.05, 0) is 141 Å². The van der Waals surface area contributed by atoms with Crippen LogP contribution in [0, 0.1) is 0 Å². The minimum absolute atomic E-state index is 0.630. The Bertz CT molecular complexity index is 8150. The fourth-order valence-corrected chi connectivity index (χ4v) is 18.4. The summed E-state index contributed by atoms with van der Waals surface area (Å²) in [4.78, 5) is 25.7. The first-order valence-electron chi connectivity index (χ1n) is 41.4. The number of hydrogen-bond donors (Lipinski definition) is 0. The molecule has 9 heteroatoms. The Morgan fingerprint density at radius 3 is 1.11 bits per heavy atom. The average Bonchev–Trinajstić information content (AvgIpc) is 1.55. The summed E-state index contributed by atoms with van der Waals surface area (Å²) in [6, 6.07) is 157. The lowest BCUT2D eigenvalue weighted by atomic mass is 9.96. The van der Waals surface area contributed by atoms with E-state index in [1.807, 2.05) is 30.3 Å². The summed E-state index contributed by atoms with van der Waals surface area (Å²) in [5.74, 6) is 2.61. The number of rotatable bonds is 13. The van der Waals surface area contributed by atoms with Gasteiger partial charge in [-0.15, -0.1) is 0 Å². The van der Waals surface area contributed by atoms with Crippen molar-refractivity contribution >= 4 is 98.0 Å². The monoisotopic (exact) mass is 1560 g/mol. The zero-order chi connectivity index (χ0) is 80.6. The molecule has 0 aliphatic carbocycles. The predicted molar refractivity (Wildman–Crippen MR) is 506 cm³/mol. The van der Waals surface area contributed by atoms with Crippen molar-refractivity contribution in [2.24, 2.45) is 0 Å². The second-order valence-electron chi connectivity index (χ2n) is 31.0. The van der Waals surface area contributed by atoms with Crippen LogP contribution < -0.4 is 0 Å². The first kappa shape index (κ1) is 70.9. The predicted octanol–water partition coefficient (Wildman–Crippen LogP) is 28.9. The summed E-state index contributed by atoms with van der Waals surface area (Å²) >= 11 is 0. The van der Waals surface area contributed by atoms with Crippen molar-refractivity contribution in [3.63, 3.8) is 0 Å². The second-order valence-corrected chi connectivity index (χ2v) is 31.0. The normalized spacial score (nSPS) is 11.6. The highest BCUT2D eigenvalue weighted by Gasteiger charge is 2.25. The first-order valence-corrected chi connectivity index (χ1v) is 41.4. The maximum atomic E-state index is 5.27. The summed E-state index contributed by atoms with van der Waals surface area (Å²) in [5, 5.41) is 12.2. The van der Waals surface area contributed by atoms with Crippen LogP contribution in [-0.2, 0) is 0 Å². The summed E-state index contributed by atoms with van der Waals surface area (Å²) in [6.07, 6.45) is 0. The molecule has 0 fully saturated rings. The summed E-state index contributed by atoms with van der Waals surface area (Å²) in [6.45, 7) is 0. The highest BCUT2D eigenvalue weighted by molar-refractivity contribution is 6.28. The minimum atomic E-state index is 0.630. The maximum Gasteiger partial charge on any atom is 0.164 e. The van der Waals surface area contributed by atoms with Gasteiger partial charge in [-0.2, -0.15) is 0 Å². The third kappa shape index (κ3) is 12.3. The van der Waals surface area contributed by atoms with E-state index in [0.717, 1.165) is 117 Å². The molecule has 0 N–H and O–H groups in total. The highest BCUT2D eigenvalue weighted by Crippen LogP contribution is 2.46. The number of hydrogen-bond acceptors (Lipinski definition) is 5. The third-order valence-corrected chi connectivity index (χ3v) is 23.9. The molecule has 0 aliphatic heterocycles. The smallest absolute Gasteiger partial charge is 0.164 e. The van der Waals surface area contributed by atoms with Crippen molar-refractivity contribution in [2.75, 3.05) is 0 Å². The van der Waals surface area contributed by atoms with Crippen LogP contribution >= 0.6 is 0 Å². The molecule has 0 atom stereocenters. The molecule has 6 aromatic heterocycles. The highest BCUT2D eigenvalue weighted by atomic mass is 15.0. The molecule has 0 amide bonds. The zero-order valence-electron chi connectivity index (χ0n) is 66.2. The Balaban J connectivity index is 0.000000142. The zero-order valence-corrected chi connectivity index (χ0v) is 66.2. The Hall–Kier alpha value is -16.5. The van der Waals surface area contributed by atoms with Gasteiger partial charge < -0.3 is 18.3 Å². The van der Waals surface area contributed by atoms with E-state index in [2.05, 4.69) is 431 Å². The van der Waals surface area contributed by atoms with Gasteiger partial charge in [-0.3, -0.25) is 0 Å². The molecule has 0 saturated carbocycles. The molecule has 24 rings (SSSR count). The molecule has 122 heavy (non-hydrogen) atoms. The topological polar surface area (TPSA) is 84.2 Å². The van der Waals surface area contributed by atoms with Crippen molar-refractivity contribution in [1.29, 1.82) is 0 Å². The SMILES string of the molecule is c1ccc(-c2ccc(-c3nc(-c4ccccc4)cc(-c4ccccc4-c4ccc(-n5c6ccccc6c6c5ccc5c7ccccc7n(-c7ccccc7)c56)cc4)n3)cc2)cc1.c1ccc(-c2nc(-c3cccc(-c4cccc(-n5c6ccccc6c6c5ccc5c7ccccc7n(-c7ccccc7)c56)c4)c3)nc(-c3cccc4ccccc34)n2)cc1. The number of benzene rings is 18. The van der Waals surface area contributed by atoms with Crippen molar-refractivity contribution < 1.29 is 0 Å². The number of fused-ring (bicyclic) bond motifs is 15. The Labute approximate surface area is 703 Å². The van der Waals surface area contributed by atoms with Crippen molar-refractivity contribution in [2.45, 2.75) is 0 Å². The molecule has 9 nitrogen and oxygen atoms in total. The van der Waals surface area contributed by atoms with Crippen molar-refractivity contribution in [1.82, 2.24) is 43.2 Å². The van der Waals surface area contributed by atoms with Gasteiger partial charge in [0.05, 0.1) is 55.5 Å². The molecule has 0 unspecified atom stereocenters. The van der Waals surface area contributed by atoms with Gasteiger partial charge >= 0.3 is 0 Å². The summed E-state index contributed by atoms with van der Waals surface area (Å²) in [7, 11) is 0. The quantitative estimate of drug-likeness (QED) is 0.115. The molecular weight excluding hydrogens is 1480 g/mol. The van der Waals surface area contributed by atoms with E-state index in [1.54, 1.807) is 0 Å². The Morgan fingerprint density at radius 1 is 0.156 bits per heavy atom. The fourth-order valence-electron chi connectivity index (χ4n) is 18.4. The van der Waals surface area contributed by atoms with Crippen LogP contribution in [0.25, 0.3) is 222 Å². The average molecular weight is 1560 g/mol. The van der Waals surface area contributed by atoms with E-state index in [1.165, 1.54) is 81.8 Å². The van der Waals surface area contributed by atoms with Gasteiger partial charge in [0.2, 0.25) is 0 Å². The molecule has 6 heterocycles. The Kier molecular flexibility index (Phi) is 17.4. The van der Waals surface area contributed by atoms with Crippen LogP contribution in [0.1, 0.15) is 0 Å². The Morgan fingerprint density at radius 2 is 0.516 bits per heavy atom. The third-order valence-electron chi connectivity index (χ3n) is 23.9. The van der Waals surface area contributed by atoms with Crippen LogP contribution in [0.15, 0.2) is 443 Å². The van der Waals surface area contributed by atoms with Crippen molar-refractivity contribution in [3.8, 4) is 124 Å². The van der Waals surface area contributed by atoms with E-state index in [9.17, 15) is 0 Å². The molecule has 0 spiro atoms. The molecular formula is C113H73N9. The molecule has 0 bridgehead atoms. The number of nitrogens with zero attached hydrogens (tertiary/aromatic N) is 9. The van der Waals surface area contributed by atoms with E-state index in [0.29, 0.717) is 23.3 Å². The van der Waals surface area contributed by atoms with E-state index in [-0.39, 0.29) is 0 Å². The summed E-state index contributed by atoms with van der Waals surface area (Å²) in [5.41, 5.74) is 28.4. The molecule has 24 aromatic rings. The lowest BCUT2D eigenvalue weighted by Gasteiger charge is -2.14. The van der Waals surface area contributed by atoms with Gasteiger partial charge in [0.1, 0.15) is 0 Å². The summed E-state index contributed by atoms with van der Waals surface area (Å²) < 4.78 is 9.70. The van der Waals surface area contributed by atoms with E-state index < -0.39 is 0 Å². The van der Waals surface area contributed by atoms with E-state index in [4.69, 9.17) is 24.9 Å². The van der Waals surface area contributed by atoms with Crippen molar-refractivity contribution in [3.05, 3.63) is 443 Å². The molecule has 0 saturated heterocycles. The van der Waals surface area contributed by atoms with Gasteiger partial charge in [0.25, 0.3) is 0 Å². The van der Waals surface area contributed by atoms with E-state index >= 15 is 0 Å². The fraction of sp³-hybridized carbons (Fsp3) is 0. The molecule has 0 radical (unpaired) electrons.